The van der Waals surface area contributed by atoms with Crippen molar-refractivity contribution in [3.8, 4) is 5.75 Å². The van der Waals surface area contributed by atoms with Crippen LogP contribution in [0.5, 0.6) is 5.75 Å². The predicted octanol–water partition coefficient (Wildman–Crippen LogP) is 3.83. The minimum absolute atomic E-state index is 0. The lowest BCUT2D eigenvalue weighted by Gasteiger charge is -2.07. The molecule has 2 rings (SSSR count). The number of aliphatic imine (C=N–C) groups is 1. The first-order chi connectivity index (χ1) is 11.6. The smallest absolute Gasteiger partial charge is 0.226 e. The molecule has 0 aliphatic rings. The van der Waals surface area contributed by atoms with Gasteiger partial charge in [-0.3, -0.25) is 9.79 Å². The number of halogens is 2. The van der Waals surface area contributed by atoms with Crippen LogP contribution in [-0.4, -0.2) is 25.5 Å². The molecule has 0 radical (unpaired) electrons. The molecule has 0 aromatic heterocycles. The summed E-state index contributed by atoms with van der Waals surface area (Å²) in [5.74, 6) is 0.913. The van der Waals surface area contributed by atoms with Crippen LogP contribution in [0.2, 0.25) is 0 Å². The SMILES string of the molecule is COc1ccc(NC(N)=NCCC(=O)Nc2ccc(Br)cc2)cc1.I. The van der Waals surface area contributed by atoms with Crippen molar-refractivity contribution in [2.45, 2.75) is 6.42 Å². The van der Waals surface area contributed by atoms with Crippen LogP contribution >= 0.6 is 39.9 Å². The zero-order valence-corrected chi connectivity index (χ0v) is 17.6. The molecule has 2 aromatic carbocycles. The molecule has 0 atom stereocenters. The van der Waals surface area contributed by atoms with Gasteiger partial charge in [0, 0.05) is 22.3 Å². The van der Waals surface area contributed by atoms with Crippen LogP contribution in [0, 0.1) is 0 Å². The van der Waals surface area contributed by atoms with Crippen molar-refractivity contribution in [1.82, 2.24) is 0 Å². The Kier molecular flexibility index (Phi) is 9.28. The van der Waals surface area contributed by atoms with Crippen LogP contribution in [0.4, 0.5) is 11.4 Å². The van der Waals surface area contributed by atoms with E-state index in [1.807, 2.05) is 48.5 Å². The third-order valence-corrected chi connectivity index (χ3v) is 3.64. The monoisotopic (exact) mass is 518 g/mol. The fourth-order valence-corrected chi connectivity index (χ4v) is 2.16. The van der Waals surface area contributed by atoms with Crippen LogP contribution < -0.4 is 21.1 Å². The van der Waals surface area contributed by atoms with E-state index in [0.29, 0.717) is 6.54 Å². The Balaban J connectivity index is 0.00000312. The van der Waals surface area contributed by atoms with Gasteiger partial charge in [-0.15, -0.1) is 24.0 Å². The van der Waals surface area contributed by atoms with E-state index in [1.54, 1.807) is 7.11 Å². The molecule has 2 aromatic rings. The summed E-state index contributed by atoms with van der Waals surface area (Å²) in [6.07, 6.45) is 0.251. The van der Waals surface area contributed by atoms with Crippen molar-refractivity contribution >= 4 is 63.1 Å². The third kappa shape index (κ3) is 7.74. The molecule has 0 spiro atoms. The Morgan fingerprint density at radius 2 is 1.64 bits per heavy atom. The van der Waals surface area contributed by atoms with Crippen molar-refractivity contribution in [2.75, 3.05) is 24.3 Å². The van der Waals surface area contributed by atoms with E-state index >= 15 is 0 Å². The van der Waals surface area contributed by atoms with Crippen molar-refractivity contribution in [1.29, 1.82) is 0 Å². The van der Waals surface area contributed by atoms with Gasteiger partial charge in [-0.2, -0.15) is 0 Å². The van der Waals surface area contributed by atoms with Crippen LogP contribution in [-0.2, 0) is 4.79 Å². The summed E-state index contributed by atoms with van der Waals surface area (Å²) in [5, 5.41) is 5.76. The standard InChI is InChI=1S/C17H19BrN4O2.HI/c1-24-15-8-6-14(7-9-15)22-17(19)20-11-10-16(23)21-13-4-2-12(18)3-5-13;/h2-9H,10-11H2,1H3,(H,21,23)(H3,19,20,22);1H. The second-order valence-corrected chi connectivity index (χ2v) is 5.84. The topological polar surface area (TPSA) is 88.7 Å². The largest absolute Gasteiger partial charge is 0.497 e. The average Bonchev–Trinajstić information content (AvgIpc) is 2.57. The molecule has 8 heteroatoms. The molecule has 134 valence electrons. The highest BCUT2D eigenvalue weighted by atomic mass is 127. The zero-order valence-electron chi connectivity index (χ0n) is 13.7. The number of rotatable bonds is 6. The molecular formula is C17H20BrIN4O2. The third-order valence-electron chi connectivity index (χ3n) is 3.11. The molecule has 0 fully saturated rings. The highest BCUT2D eigenvalue weighted by molar-refractivity contribution is 14.0. The molecule has 1 amide bonds. The van der Waals surface area contributed by atoms with E-state index in [0.717, 1.165) is 21.6 Å². The normalized spacial score (nSPS) is 10.6. The average molecular weight is 519 g/mol. The van der Waals surface area contributed by atoms with Crippen molar-refractivity contribution in [3.63, 3.8) is 0 Å². The molecule has 25 heavy (non-hydrogen) atoms. The molecule has 0 unspecified atom stereocenters. The number of hydrogen-bond acceptors (Lipinski definition) is 3. The number of carbonyl (C=O) groups excluding carboxylic acids is 1. The van der Waals surface area contributed by atoms with Gasteiger partial charge < -0.3 is 21.1 Å². The van der Waals surface area contributed by atoms with Crippen molar-refractivity contribution in [3.05, 3.63) is 53.0 Å². The molecule has 0 saturated heterocycles. The van der Waals surface area contributed by atoms with Crippen LogP contribution in [0.3, 0.4) is 0 Å². The maximum Gasteiger partial charge on any atom is 0.226 e. The summed E-state index contributed by atoms with van der Waals surface area (Å²) in [4.78, 5) is 16.0. The number of hydrogen-bond donors (Lipinski definition) is 3. The fourth-order valence-electron chi connectivity index (χ4n) is 1.90. The Bertz CT molecular complexity index is 706. The highest BCUT2D eigenvalue weighted by Gasteiger charge is 2.02. The first-order valence-electron chi connectivity index (χ1n) is 7.33. The van der Waals surface area contributed by atoms with E-state index in [-0.39, 0.29) is 42.3 Å². The van der Waals surface area contributed by atoms with E-state index in [9.17, 15) is 4.79 Å². The molecule has 0 aliphatic carbocycles. The second kappa shape index (κ2) is 10.9. The van der Waals surface area contributed by atoms with E-state index in [4.69, 9.17) is 10.5 Å². The van der Waals surface area contributed by atoms with E-state index in [1.165, 1.54) is 0 Å². The number of amides is 1. The van der Waals surface area contributed by atoms with Gasteiger partial charge in [-0.25, -0.2) is 0 Å². The molecule has 6 nitrogen and oxygen atoms in total. The van der Waals surface area contributed by atoms with Crippen molar-refractivity contribution in [2.24, 2.45) is 10.7 Å². The second-order valence-electron chi connectivity index (χ2n) is 4.93. The Morgan fingerprint density at radius 3 is 2.24 bits per heavy atom. The number of nitrogens with two attached hydrogens (primary N) is 1. The highest BCUT2D eigenvalue weighted by Crippen LogP contribution is 2.15. The molecule has 4 N–H and O–H groups in total. The Hall–Kier alpha value is -1.81. The molecule has 0 bridgehead atoms. The minimum atomic E-state index is -0.113. The van der Waals surface area contributed by atoms with Gasteiger partial charge in [0.25, 0.3) is 0 Å². The van der Waals surface area contributed by atoms with Gasteiger partial charge >= 0.3 is 0 Å². The number of nitrogens with one attached hydrogen (secondary N) is 2. The van der Waals surface area contributed by atoms with Crippen LogP contribution in [0.15, 0.2) is 58.0 Å². The van der Waals surface area contributed by atoms with Crippen molar-refractivity contribution < 1.29 is 9.53 Å². The van der Waals surface area contributed by atoms with E-state index < -0.39 is 0 Å². The van der Waals surface area contributed by atoms with Gasteiger partial charge in [0.2, 0.25) is 5.91 Å². The first kappa shape index (κ1) is 21.2. The summed E-state index contributed by atoms with van der Waals surface area (Å²) < 4.78 is 6.05. The quantitative estimate of drug-likeness (QED) is 0.308. The maximum absolute atomic E-state index is 11.8. The van der Waals surface area contributed by atoms with E-state index in [2.05, 4.69) is 31.6 Å². The summed E-state index contributed by atoms with van der Waals surface area (Å²) in [6, 6.07) is 14.7. The molecule has 0 heterocycles. The molecular weight excluding hydrogens is 499 g/mol. The maximum atomic E-state index is 11.8. The summed E-state index contributed by atoms with van der Waals surface area (Å²) >= 11 is 3.35. The van der Waals surface area contributed by atoms with Gasteiger partial charge in [-0.05, 0) is 48.5 Å². The number of guanidine groups is 1. The Labute approximate surface area is 172 Å². The predicted molar refractivity (Wildman–Crippen MR) is 116 cm³/mol. The zero-order chi connectivity index (χ0) is 17.4. The van der Waals surface area contributed by atoms with Gasteiger partial charge in [0.15, 0.2) is 5.96 Å². The van der Waals surface area contributed by atoms with Crippen LogP contribution in [0.1, 0.15) is 6.42 Å². The molecule has 0 saturated carbocycles. The van der Waals surface area contributed by atoms with Gasteiger partial charge in [0.05, 0.1) is 13.7 Å². The first-order valence-corrected chi connectivity index (χ1v) is 8.12. The number of benzene rings is 2. The number of ether oxygens (including phenoxy) is 1. The summed E-state index contributed by atoms with van der Waals surface area (Å²) in [7, 11) is 1.61. The minimum Gasteiger partial charge on any atom is -0.497 e. The summed E-state index contributed by atoms with van der Waals surface area (Å²) in [6.45, 7) is 0.303. The summed E-state index contributed by atoms with van der Waals surface area (Å²) in [5.41, 5.74) is 7.35. The Morgan fingerprint density at radius 1 is 1.08 bits per heavy atom. The number of nitrogens with zero attached hydrogens (tertiary/aromatic N) is 1. The van der Waals surface area contributed by atoms with Gasteiger partial charge in [0.1, 0.15) is 5.75 Å². The lowest BCUT2D eigenvalue weighted by atomic mass is 10.3. The number of methoxy groups -OCH3 is 1. The lowest BCUT2D eigenvalue weighted by Crippen LogP contribution is -2.23. The van der Waals surface area contributed by atoms with Crippen LogP contribution in [0.25, 0.3) is 0 Å². The fraction of sp³-hybridized carbons (Fsp3) is 0.176. The number of anilines is 2. The number of carbonyl (C=O) groups is 1. The molecule has 0 aliphatic heterocycles. The van der Waals surface area contributed by atoms with Gasteiger partial charge in [-0.1, -0.05) is 15.9 Å². The lowest BCUT2D eigenvalue weighted by molar-refractivity contribution is -0.116.